The zero-order valence-corrected chi connectivity index (χ0v) is 44.8. The van der Waals surface area contributed by atoms with E-state index in [-0.39, 0.29) is 25.9 Å². The van der Waals surface area contributed by atoms with E-state index in [1.54, 1.807) is 0 Å². The van der Waals surface area contributed by atoms with Crippen LogP contribution in [0.15, 0.2) is 97.2 Å². The molecule has 11 nitrogen and oxygen atoms in total. The molecule has 0 bridgehead atoms. The van der Waals surface area contributed by atoms with Crippen molar-refractivity contribution < 1.29 is 52.2 Å². The predicted molar refractivity (Wildman–Crippen MR) is 288 cm³/mol. The highest BCUT2D eigenvalue weighted by molar-refractivity contribution is 7.47. The number of phosphoric acid groups is 1. The summed E-state index contributed by atoms with van der Waals surface area (Å²) in [6, 6.07) is 0. The van der Waals surface area contributed by atoms with Crippen LogP contribution in [-0.4, -0.2) is 66.5 Å². The maximum Gasteiger partial charge on any atom is 0.472 e. The summed E-state index contributed by atoms with van der Waals surface area (Å²) in [5.74, 6) is -1.54. The molecule has 0 fully saturated rings. The highest BCUT2D eigenvalue weighted by atomic mass is 31.2. The molecule has 0 heterocycles. The number of rotatable bonds is 49. The third-order valence-electron chi connectivity index (χ3n) is 11.0. The summed E-state index contributed by atoms with van der Waals surface area (Å²) in [6.45, 7) is 4.31. The van der Waals surface area contributed by atoms with Crippen LogP contribution in [0.1, 0.15) is 213 Å². The van der Waals surface area contributed by atoms with Gasteiger partial charge in [-0.25, -0.2) is 4.57 Å². The molecule has 0 aliphatic heterocycles. The number of phosphoric ester groups is 1. The zero-order valence-electron chi connectivity index (χ0n) is 43.9. The molecule has 0 rings (SSSR count). The molecule has 400 valence electrons. The first-order valence-electron chi connectivity index (χ1n) is 27.1. The van der Waals surface area contributed by atoms with Gasteiger partial charge in [0.1, 0.15) is 12.7 Å². The lowest BCUT2D eigenvalue weighted by atomic mass is 10.1. The Bertz CT molecular complexity index is 1540. The number of carbonyl (C=O) groups is 3. The van der Waals surface area contributed by atoms with Gasteiger partial charge in [-0.2, -0.15) is 0 Å². The molecule has 0 aromatic rings. The maximum atomic E-state index is 12.8. The van der Waals surface area contributed by atoms with E-state index in [1.807, 2.05) is 0 Å². The Hall–Kier alpha value is -3.60. The Kier molecular flexibility index (Phi) is 49.1. The summed E-state index contributed by atoms with van der Waals surface area (Å²) in [5.41, 5.74) is 0. The zero-order chi connectivity index (χ0) is 51.3. The minimum Gasteiger partial charge on any atom is -0.462 e. The Morgan fingerprint density at radius 2 is 0.743 bits per heavy atom. The van der Waals surface area contributed by atoms with Crippen LogP contribution in [-0.2, 0) is 42.2 Å². The fourth-order valence-electron chi connectivity index (χ4n) is 6.93. The van der Waals surface area contributed by atoms with Gasteiger partial charge < -0.3 is 24.2 Å². The minimum absolute atomic E-state index is 0.108. The molecule has 0 aromatic heterocycles. The molecule has 3 unspecified atom stereocenters. The second-order valence-electron chi connectivity index (χ2n) is 17.6. The fraction of sp³-hybridized carbons (Fsp3) is 0.672. The Balaban J connectivity index is 4.81. The molecule has 12 heteroatoms. The van der Waals surface area contributed by atoms with Crippen LogP contribution in [0.25, 0.3) is 0 Å². The van der Waals surface area contributed by atoms with Gasteiger partial charge in [0.25, 0.3) is 0 Å². The number of aliphatic hydroxyl groups excluding tert-OH is 1. The molecule has 0 saturated heterocycles. The van der Waals surface area contributed by atoms with Crippen molar-refractivity contribution in [2.75, 3.05) is 26.4 Å². The molecule has 0 aliphatic rings. The average molecular weight is 1000 g/mol. The van der Waals surface area contributed by atoms with E-state index in [2.05, 4.69) is 118 Å². The number of hydrogen-bond donors (Lipinski definition) is 2. The van der Waals surface area contributed by atoms with Crippen LogP contribution < -0.4 is 0 Å². The van der Waals surface area contributed by atoms with Crippen LogP contribution in [0, 0.1) is 0 Å². The van der Waals surface area contributed by atoms with Crippen molar-refractivity contribution >= 4 is 25.7 Å². The van der Waals surface area contributed by atoms with Gasteiger partial charge in [0, 0.05) is 19.3 Å². The second-order valence-corrected chi connectivity index (χ2v) is 19.1. The van der Waals surface area contributed by atoms with Crippen molar-refractivity contribution in [1.82, 2.24) is 0 Å². The summed E-state index contributed by atoms with van der Waals surface area (Å²) in [4.78, 5) is 48.3. The van der Waals surface area contributed by atoms with Gasteiger partial charge >= 0.3 is 25.7 Å². The summed E-state index contributed by atoms with van der Waals surface area (Å²) < 4.78 is 39.3. The molecule has 0 spiro atoms. The normalized spacial score (nSPS) is 14.2. The monoisotopic (exact) mass is 1000 g/mol. The number of hydrogen-bond acceptors (Lipinski definition) is 10. The highest BCUT2D eigenvalue weighted by Crippen LogP contribution is 2.43. The first kappa shape index (κ1) is 66.4. The van der Waals surface area contributed by atoms with Gasteiger partial charge in [-0.3, -0.25) is 23.4 Å². The van der Waals surface area contributed by atoms with Crippen molar-refractivity contribution in [3.8, 4) is 0 Å². The van der Waals surface area contributed by atoms with Crippen molar-refractivity contribution in [1.29, 1.82) is 0 Å². The number of carbonyl (C=O) groups excluding carboxylic acids is 3. The minimum atomic E-state index is -4.76. The summed E-state index contributed by atoms with van der Waals surface area (Å²) in [7, 11) is -4.76. The lowest BCUT2D eigenvalue weighted by molar-refractivity contribution is -0.161. The second kappa shape index (κ2) is 51.7. The standard InChI is InChI=1S/C58H97O11P/c1-4-7-10-13-16-19-21-23-25-26-27-28-30-31-33-36-38-41-44-47-56(60)65-51-55(69-58(62)49-46-43-40-37-34-32-29-24-22-20-17-14-11-8-5-2)53-67-70(63,64)66-52-54(50-59)68-57(61)48-45-42-39-35-18-15-12-9-6-3/h7-8,10-11,16-17,19-20,23-25,27-29,34,37,54-55,59H,4-6,9,12-15,18,21-22,26,30-33,35-36,38-53H2,1-3H3,(H,63,64)/b10-7-,11-8-,19-16-,20-17-,25-23-,28-27-,29-24-,37-34-. The van der Waals surface area contributed by atoms with Crippen LogP contribution in [0.4, 0.5) is 0 Å². The molecule has 70 heavy (non-hydrogen) atoms. The van der Waals surface area contributed by atoms with Crippen molar-refractivity contribution in [3.05, 3.63) is 97.2 Å². The number of allylic oxidation sites excluding steroid dienone is 16. The van der Waals surface area contributed by atoms with Gasteiger partial charge in [-0.1, -0.05) is 195 Å². The molecular weight excluding hydrogens is 904 g/mol. The van der Waals surface area contributed by atoms with Crippen LogP contribution in [0.2, 0.25) is 0 Å². The van der Waals surface area contributed by atoms with Gasteiger partial charge in [0.05, 0.1) is 19.8 Å². The van der Waals surface area contributed by atoms with Gasteiger partial charge in [0.2, 0.25) is 0 Å². The van der Waals surface area contributed by atoms with Crippen molar-refractivity contribution in [2.45, 2.75) is 226 Å². The summed E-state index contributed by atoms with van der Waals surface area (Å²) >= 11 is 0. The number of esters is 3. The average Bonchev–Trinajstić information content (AvgIpc) is 3.35. The third-order valence-corrected chi connectivity index (χ3v) is 12.0. The van der Waals surface area contributed by atoms with E-state index in [0.29, 0.717) is 19.3 Å². The summed E-state index contributed by atoms with van der Waals surface area (Å²) in [6.07, 6.45) is 59.6. The molecule has 2 N–H and O–H groups in total. The van der Waals surface area contributed by atoms with Gasteiger partial charge in [-0.15, -0.1) is 0 Å². The van der Waals surface area contributed by atoms with E-state index in [0.717, 1.165) is 122 Å². The molecule has 3 atom stereocenters. The van der Waals surface area contributed by atoms with E-state index in [4.69, 9.17) is 23.3 Å². The quantitative estimate of drug-likeness (QED) is 0.0197. The largest absolute Gasteiger partial charge is 0.472 e. The highest BCUT2D eigenvalue weighted by Gasteiger charge is 2.28. The van der Waals surface area contributed by atoms with E-state index in [9.17, 15) is 28.9 Å². The molecular formula is C58H97O11P. The van der Waals surface area contributed by atoms with Crippen LogP contribution >= 0.6 is 7.82 Å². The van der Waals surface area contributed by atoms with Crippen molar-refractivity contribution in [2.24, 2.45) is 0 Å². The predicted octanol–water partition coefficient (Wildman–Crippen LogP) is 15.7. The molecule has 0 amide bonds. The molecule has 0 radical (unpaired) electrons. The fourth-order valence-corrected chi connectivity index (χ4v) is 7.71. The Morgan fingerprint density at radius 1 is 0.414 bits per heavy atom. The summed E-state index contributed by atoms with van der Waals surface area (Å²) in [5, 5.41) is 9.76. The van der Waals surface area contributed by atoms with Gasteiger partial charge in [-0.05, 0) is 96.3 Å². The lowest BCUT2D eigenvalue weighted by Crippen LogP contribution is -2.30. The van der Waals surface area contributed by atoms with Crippen LogP contribution in [0.5, 0.6) is 0 Å². The smallest absolute Gasteiger partial charge is 0.462 e. The number of unbranched alkanes of at least 4 members (excludes halogenated alkanes) is 16. The lowest BCUT2D eigenvalue weighted by Gasteiger charge is -2.21. The third kappa shape index (κ3) is 49.4. The first-order valence-corrected chi connectivity index (χ1v) is 28.6. The topological polar surface area (TPSA) is 155 Å². The SMILES string of the molecule is CC/C=C\C/C=C\C/C=C\C/C=C\CCCCCCCCC(=O)OCC(COP(=O)(O)OCC(CO)OC(=O)CCCCCCCCCCC)OC(=O)CCCC/C=C\C/C=C\C/C=C\C/C=C\CC. The van der Waals surface area contributed by atoms with Crippen molar-refractivity contribution in [3.63, 3.8) is 0 Å². The number of ether oxygens (including phenoxy) is 3. The van der Waals surface area contributed by atoms with E-state index < -0.39 is 57.8 Å². The Morgan fingerprint density at radius 3 is 1.17 bits per heavy atom. The molecule has 0 aromatic carbocycles. The van der Waals surface area contributed by atoms with Gasteiger partial charge in [0.15, 0.2) is 6.10 Å². The number of aliphatic hydroxyl groups is 1. The van der Waals surface area contributed by atoms with Crippen LogP contribution in [0.3, 0.4) is 0 Å². The molecule has 0 aliphatic carbocycles. The maximum absolute atomic E-state index is 12.8. The Labute approximate surface area is 425 Å². The van der Waals surface area contributed by atoms with E-state index >= 15 is 0 Å². The molecule has 0 saturated carbocycles. The first-order chi connectivity index (χ1) is 34.2. The van der Waals surface area contributed by atoms with E-state index in [1.165, 1.54) is 32.1 Å².